The van der Waals surface area contributed by atoms with Gasteiger partial charge in [-0.2, -0.15) is 8.61 Å². The minimum absolute atomic E-state index is 0.0621. The summed E-state index contributed by atoms with van der Waals surface area (Å²) in [4.78, 5) is 0.471. The first-order valence-corrected chi connectivity index (χ1v) is 13.7. The lowest BCUT2D eigenvalue weighted by molar-refractivity contribution is 0.273. The standard InChI is InChI=1S/C24H34N2O4S2/c1-23(2,3)19-7-11-21(12-8-19)31(27,28)25-15-17-26(18-16-25)32(29,30)22-13-9-20(10-14-22)24(4,5)6/h7-14H,15-18H2,1-6H3. The number of piperazine rings is 1. The number of sulfonamides is 2. The highest BCUT2D eigenvalue weighted by molar-refractivity contribution is 7.89. The van der Waals surface area contributed by atoms with Crippen molar-refractivity contribution in [3.05, 3.63) is 59.7 Å². The molecule has 0 spiro atoms. The first-order valence-electron chi connectivity index (χ1n) is 10.8. The summed E-state index contributed by atoms with van der Waals surface area (Å²) < 4.78 is 55.0. The van der Waals surface area contributed by atoms with E-state index in [9.17, 15) is 16.8 Å². The number of hydrogen-bond donors (Lipinski definition) is 0. The van der Waals surface area contributed by atoms with Gasteiger partial charge in [-0.1, -0.05) is 65.8 Å². The van der Waals surface area contributed by atoms with Gasteiger partial charge < -0.3 is 0 Å². The Balaban J connectivity index is 1.72. The summed E-state index contributed by atoms with van der Waals surface area (Å²) in [6.07, 6.45) is 0. The third-order valence-electron chi connectivity index (χ3n) is 5.91. The van der Waals surface area contributed by atoms with E-state index >= 15 is 0 Å². The molecule has 2 aromatic rings. The molecule has 1 fully saturated rings. The Kier molecular flexibility index (Phi) is 6.66. The van der Waals surface area contributed by atoms with Crippen molar-refractivity contribution in [2.45, 2.75) is 62.2 Å². The highest BCUT2D eigenvalue weighted by atomic mass is 32.2. The quantitative estimate of drug-likeness (QED) is 0.666. The van der Waals surface area contributed by atoms with Crippen LogP contribution in [0.3, 0.4) is 0 Å². The molecule has 1 aliphatic heterocycles. The summed E-state index contributed by atoms with van der Waals surface area (Å²) >= 11 is 0. The molecule has 1 saturated heterocycles. The largest absolute Gasteiger partial charge is 0.243 e. The molecule has 176 valence electrons. The van der Waals surface area contributed by atoms with Crippen molar-refractivity contribution in [2.24, 2.45) is 0 Å². The van der Waals surface area contributed by atoms with Gasteiger partial charge >= 0.3 is 0 Å². The second-order valence-electron chi connectivity index (χ2n) is 10.4. The van der Waals surface area contributed by atoms with Gasteiger partial charge in [0.1, 0.15) is 0 Å². The Morgan fingerprint density at radius 2 is 0.781 bits per heavy atom. The van der Waals surface area contributed by atoms with Crippen molar-refractivity contribution in [1.29, 1.82) is 0 Å². The molecule has 0 atom stereocenters. The highest BCUT2D eigenvalue weighted by Crippen LogP contribution is 2.27. The van der Waals surface area contributed by atoms with E-state index in [1.165, 1.54) is 8.61 Å². The molecule has 6 nitrogen and oxygen atoms in total. The van der Waals surface area contributed by atoms with E-state index in [1.807, 2.05) is 24.3 Å². The van der Waals surface area contributed by atoms with Gasteiger partial charge in [-0.3, -0.25) is 0 Å². The molecule has 32 heavy (non-hydrogen) atoms. The van der Waals surface area contributed by atoms with E-state index in [1.54, 1.807) is 24.3 Å². The molecule has 0 aliphatic carbocycles. The summed E-state index contributed by atoms with van der Waals surface area (Å²) in [6, 6.07) is 13.9. The molecular weight excluding hydrogens is 444 g/mol. The van der Waals surface area contributed by atoms with Crippen molar-refractivity contribution in [2.75, 3.05) is 26.2 Å². The second-order valence-corrected chi connectivity index (χ2v) is 14.2. The zero-order valence-electron chi connectivity index (χ0n) is 19.8. The van der Waals surface area contributed by atoms with Crippen molar-refractivity contribution < 1.29 is 16.8 Å². The van der Waals surface area contributed by atoms with Gasteiger partial charge in [0.15, 0.2) is 0 Å². The van der Waals surface area contributed by atoms with Crippen LogP contribution >= 0.6 is 0 Å². The molecule has 0 amide bonds. The predicted molar refractivity (Wildman–Crippen MR) is 128 cm³/mol. The average Bonchev–Trinajstić information content (AvgIpc) is 2.73. The van der Waals surface area contributed by atoms with Crippen molar-refractivity contribution in [3.8, 4) is 0 Å². The minimum Gasteiger partial charge on any atom is -0.207 e. The summed E-state index contributed by atoms with van der Waals surface area (Å²) in [7, 11) is -7.34. The average molecular weight is 479 g/mol. The summed E-state index contributed by atoms with van der Waals surface area (Å²) in [6.45, 7) is 13.0. The Hall–Kier alpha value is -1.74. The summed E-state index contributed by atoms with van der Waals surface area (Å²) in [5.74, 6) is 0. The monoisotopic (exact) mass is 478 g/mol. The highest BCUT2D eigenvalue weighted by Gasteiger charge is 2.34. The van der Waals surface area contributed by atoms with Crippen LogP contribution in [0.2, 0.25) is 0 Å². The third-order valence-corrected chi connectivity index (χ3v) is 9.74. The van der Waals surface area contributed by atoms with Crippen LogP contribution in [0, 0.1) is 0 Å². The summed E-state index contributed by atoms with van der Waals surface area (Å²) in [5, 5.41) is 0. The first kappa shape index (κ1) is 24.9. The molecule has 1 heterocycles. The first-order chi connectivity index (χ1) is 14.6. The van der Waals surface area contributed by atoms with Crippen molar-refractivity contribution in [3.63, 3.8) is 0 Å². The molecule has 0 N–H and O–H groups in total. The fraction of sp³-hybridized carbons (Fsp3) is 0.500. The number of benzene rings is 2. The Bertz CT molecular complexity index is 1050. The lowest BCUT2D eigenvalue weighted by atomic mass is 9.87. The minimum atomic E-state index is -3.67. The zero-order valence-corrected chi connectivity index (χ0v) is 21.4. The molecule has 0 radical (unpaired) electrons. The topological polar surface area (TPSA) is 74.8 Å². The van der Waals surface area contributed by atoms with Gasteiger partial charge in [-0.25, -0.2) is 16.8 Å². The van der Waals surface area contributed by atoms with Crippen molar-refractivity contribution in [1.82, 2.24) is 8.61 Å². The molecule has 0 aromatic heterocycles. The van der Waals surface area contributed by atoms with Crippen LogP contribution in [-0.2, 0) is 30.9 Å². The van der Waals surface area contributed by atoms with E-state index < -0.39 is 20.0 Å². The number of rotatable bonds is 4. The molecule has 2 aromatic carbocycles. The van der Waals surface area contributed by atoms with Crippen LogP contribution < -0.4 is 0 Å². The van der Waals surface area contributed by atoms with E-state index in [0.717, 1.165) is 11.1 Å². The van der Waals surface area contributed by atoms with Crippen LogP contribution in [0.15, 0.2) is 58.3 Å². The van der Waals surface area contributed by atoms with Crippen LogP contribution in [0.1, 0.15) is 52.7 Å². The fourth-order valence-corrected chi connectivity index (χ4v) is 6.55. The molecule has 8 heteroatoms. The smallest absolute Gasteiger partial charge is 0.207 e. The SMILES string of the molecule is CC(C)(C)c1ccc(S(=O)(=O)N2CCN(S(=O)(=O)c3ccc(C(C)(C)C)cc3)CC2)cc1. The summed E-state index contributed by atoms with van der Waals surface area (Å²) in [5.41, 5.74) is 2.00. The molecule has 3 rings (SSSR count). The maximum absolute atomic E-state index is 13.1. The van der Waals surface area contributed by atoms with Crippen LogP contribution in [-0.4, -0.2) is 51.6 Å². The fourth-order valence-electron chi connectivity index (χ4n) is 3.70. The maximum atomic E-state index is 13.1. The van der Waals surface area contributed by atoms with Crippen LogP contribution in [0.4, 0.5) is 0 Å². The van der Waals surface area contributed by atoms with Crippen LogP contribution in [0.5, 0.6) is 0 Å². The van der Waals surface area contributed by atoms with Gasteiger partial charge in [0.25, 0.3) is 0 Å². The second kappa shape index (κ2) is 8.56. The maximum Gasteiger partial charge on any atom is 0.243 e. The van der Waals surface area contributed by atoms with Gasteiger partial charge in [0.2, 0.25) is 20.0 Å². The molecule has 0 unspecified atom stereocenters. The number of nitrogens with zero attached hydrogens (tertiary/aromatic N) is 2. The van der Waals surface area contributed by atoms with Crippen molar-refractivity contribution >= 4 is 20.0 Å². The molecular formula is C24H34N2O4S2. The predicted octanol–water partition coefficient (Wildman–Crippen LogP) is 3.98. The molecule has 0 bridgehead atoms. The number of hydrogen-bond acceptors (Lipinski definition) is 4. The van der Waals surface area contributed by atoms with E-state index in [-0.39, 0.29) is 46.8 Å². The van der Waals surface area contributed by atoms with E-state index in [2.05, 4.69) is 41.5 Å². The normalized spacial score (nSPS) is 17.4. The Morgan fingerprint density at radius 1 is 0.531 bits per heavy atom. The van der Waals surface area contributed by atoms with Gasteiger partial charge in [-0.15, -0.1) is 0 Å². The van der Waals surface area contributed by atoms with Crippen LogP contribution in [0.25, 0.3) is 0 Å². The third kappa shape index (κ3) is 5.09. The zero-order chi connectivity index (χ0) is 23.9. The van der Waals surface area contributed by atoms with Gasteiger partial charge in [0.05, 0.1) is 9.79 Å². The van der Waals surface area contributed by atoms with E-state index in [0.29, 0.717) is 0 Å². The molecule has 0 saturated carbocycles. The van der Waals surface area contributed by atoms with Gasteiger partial charge in [0, 0.05) is 26.2 Å². The lowest BCUT2D eigenvalue weighted by Crippen LogP contribution is -2.50. The molecule has 1 aliphatic rings. The van der Waals surface area contributed by atoms with Gasteiger partial charge in [-0.05, 0) is 46.2 Å². The Morgan fingerprint density at radius 3 is 1.00 bits per heavy atom. The Labute approximate surface area is 193 Å². The lowest BCUT2D eigenvalue weighted by Gasteiger charge is -2.33. The van der Waals surface area contributed by atoms with E-state index in [4.69, 9.17) is 0 Å².